The van der Waals surface area contributed by atoms with Crippen LogP contribution < -0.4 is 11.2 Å². The van der Waals surface area contributed by atoms with Gasteiger partial charge in [-0.05, 0) is 6.92 Å². The molecule has 0 amide bonds. The molecule has 1 fully saturated rings. The minimum absolute atomic E-state index is 0.594. The lowest BCUT2D eigenvalue weighted by atomic mass is 9.99. The van der Waals surface area contributed by atoms with Crippen molar-refractivity contribution in [2.45, 2.75) is 31.0 Å². The Kier molecular flexibility index (Phi) is 5.46. The van der Waals surface area contributed by atoms with E-state index in [1.807, 2.05) is 4.98 Å². The van der Waals surface area contributed by atoms with Gasteiger partial charge in [-0.15, -0.1) is 11.6 Å². The molecule has 9 heteroatoms. The fourth-order valence-corrected chi connectivity index (χ4v) is 1.87. The number of hydrogen-bond acceptors (Lipinski definition) is 5. The second-order valence-corrected chi connectivity index (χ2v) is 4.39. The van der Waals surface area contributed by atoms with Crippen LogP contribution in [-0.4, -0.2) is 50.6 Å². The maximum atomic E-state index is 13.9. The van der Waals surface area contributed by atoms with Gasteiger partial charge in [0.25, 0.3) is 5.56 Å². The summed E-state index contributed by atoms with van der Waals surface area (Å²) in [6, 6.07) is 1.04. The lowest BCUT2D eigenvalue weighted by Crippen LogP contribution is -2.42. The van der Waals surface area contributed by atoms with Gasteiger partial charge in [0.15, 0.2) is 12.4 Å². The SMILES string of the molecule is CCl.C[C@]1(CO)O[C@@H](n2ccc(=O)[nH]c2=O)[C@H](F)[C@@H]1O. The van der Waals surface area contributed by atoms with Gasteiger partial charge in [0.1, 0.15) is 11.7 Å². The highest BCUT2D eigenvalue weighted by Gasteiger charge is 2.53. The molecule has 4 atom stereocenters. The molecule has 0 aromatic carbocycles. The summed E-state index contributed by atoms with van der Waals surface area (Å²) in [5, 5.41) is 18.7. The summed E-state index contributed by atoms with van der Waals surface area (Å²) in [4.78, 5) is 24.3. The van der Waals surface area contributed by atoms with Gasteiger partial charge in [-0.1, -0.05) is 0 Å². The summed E-state index contributed by atoms with van der Waals surface area (Å²) in [6.45, 7) is 0.740. The zero-order chi connectivity index (χ0) is 15.5. The molecule has 0 spiro atoms. The highest BCUT2D eigenvalue weighted by atomic mass is 35.5. The average Bonchev–Trinajstić information content (AvgIpc) is 2.67. The number of hydrogen-bond donors (Lipinski definition) is 3. The second-order valence-electron chi connectivity index (χ2n) is 4.39. The third kappa shape index (κ3) is 2.93. The summed E-state index contributed by atoms with van der Waals surface area (Å²) >= 11 is 4.64. The van der Waals surface area contributed by atoms with Gasteiger partial charge < -0.3 is 14.9 Å². The first-order valence-electron chi connectivity index (χ1n) is 5.69. The van der Waals surface area contributed by atoms with Crippen molar-refractivity contribution in [1.82, 2.24) is 9.55 Å². The zero-order valence-electron chi connectivity index (χ0n) is 10.9. The van der Waals surface area contributed by atoms with Crippen LogP contribution >= 0.6 is 11.6 Å². The normalized spacial score (nSPS) is 32.6. The topological polar surface area (TPSA) is 105 Å². The van der Waals surface area contributed by atoms with Gasteiger partial charge in [0, 0.05) is 18.6 Å². The second kappa shape index (κ2) is 6.49. The first kappa shape index (κ1) is 16.8. The predicted molar refractivity (Wildman–Crippen MR) is 69.6 cm³/mol. The first-order chi connectivity index (χ1) is 9.39. The predicted octanol–water partition coefficient (Wildman–Crippen LogP) is -0.630. The van der Waals surface area contributed by atoms with Gasteiger partial charge in [-0.3, -0.25) is 14.3 Å². The monoisotopic (exact) mass is 310 g/mol. The van der Waals surface area contributed by atoms with Crippen LogP contribution in [0.5, 0.6) is 0 Å². The van der Waals surface area contributed by atoms with Crippen LogP contribution in [0.1, 0.15) is 13.2 Å². The highest BCUT2D eigenvalue weighted by Crippen LogP contribution is 2.37. The van der Waals surface area contributed by atoms with E-state index >= 15 is 0 Å². The van der Waals surface area contributed by atoms with E-state index in [-0.39, 0.29) is 0 Å². The minimum atomic E-state index is -1.88. The molecule has 0 unspecified atom stereocenters. The van der Waals surface area contributed by atoms with Crippen LogP contribution in [0.2, 0.25) is 0 Å². The number of rotatable bonds is 2. The number of aromatic amines is 1. The number of nitrogens with one attached hydrogen (secondary N) is 1. The Hall–Kier alpha value is -1.22. The summed E-state index contributed by atoms with van der Waals surface area (Å²) < 4.78 is 19.9. The molecule has 2 heterocycles. The van der Waals surface area contributed by atoms with E-state index in [4.69, 9.17) is 9.84 Å². The molecule has 1 aromatic heterocycles. The lowest BCUT2D eigenvalue weighted by Gasteiger charge is -2.24. The van der Waals surface area contributed by atoms with E-state index in [1.54, 1.807) is 0 Å². The van der Waals surface area contributed by atoms with Crippen LogP contribution in [0.25, 0.3) is 0 Å². The summed E-state index contributed by atoms with van der Waals surface area (Å²) in [5.74, 6) is 0. The molecule has 0 aliphatic carbocycles. The average molecular weight is 311 g/mol. The molecule has 20 heavy (non-hydrogen) atoms. The van der Waals surface area contributed by atoms with E-state index < -0.39 is 42.0 Å². The Morgan fingerprint density at radius 1 is 1.55 bits per heavy atom. The largest absolute Gasteiger partial charge is 0.393 e. The van der Waals surface area contributed by atoms with Gasteiger partial charge in [-0.2, -0.15) is 0 Å². The maximum absolute atomic E-state index is 13.9. The van der Waals surface area contributed by atoms with E-state index in [2.05, 4.69) is 11.6 Å². The molecule has 0 bridgehead atoms. The van der Waals surface area contributed by atoms with E-state index in [9.17, 15) is 19.1 Å². The molecule has 3 N–H and O–H groups in total. The van der Waals surface area contributed by atoms with E-state index in [0.29, 0.717) is 0 Å². The molecule has 114 valence electrons. The Morgan fingerprint density at radius 3 is 2.60 bits per heavy atom. The van der Waals surface area contributed by atoms with E-state index in [0.717, 1.165) is 16.8 Å². The standard InChI is InChI=1S/C10H13FN2O5.CH3Cl/c1-10(4-14)7(16)6(11)8(18-10)13-3-2-5(15)12-9(13)17;1-2/h2-3,6-8,14,16H,4H2,1H3,(H,12,15,17);1H3/t6-,7+,8-,10-;/m1./s1. The van der Waals surface area contributed by atoms with Crippen molar-refractivity contribution < 1.29 is 19.3 Å². The Morgan fingerprint density at radius 2 is 2.15 bits per heavy atom. The van der Waals surface area contributed by atoms with Crippen molar-refractivity contribution in [2.24, 2.45) is 0 Å². The maximum Gasteiger partial charge on any atom is 0.330 e. The lowest BCUT2D eigenvalue weighted by molar-refractivity contribution is -0.117. The highest BCUT2D eigenvalue weighted by molar-refractivity contribution is 6.15. The third-order valence-electron chi connectivity index (χ3n) is 3.03. The third-order valence-corrected chi connectivity index (χ3v) is 3.03. The molecular formula is C11H16ClFN2O5. The number of nitrogens with zero attached hydrogens (tertiary/aromatic N) is 1. The summed E-state index contributed by atoms with van der Waals surface area (Å²) in [7, 11) is 0. The van der Waals surface area contributed by atoms with Crippen LogP contribution in [0, 0.1) is 0 Å². The Bertz CT molecular complexity index is 562. The zero-order valence-corrected chi connectivity index (χ0v) is 11.7. The minimum Gasteiger partial charge on any atom is -0.393 e. The van der Waals surface area contributed by atoms with Crippen LogP contribution in [0.15, 0.2) is 21.9 Å². The number of aliphatic hydroxyl groups is 2. The number of ether oxygens (including phenoxy) is 1. The molecule has 2 rings (SSSR count). The van der Waals surface area contributed by atoms with Crippen molar-refractivity contribution in [3.8, 4) is 0 Å². The molecule has 0 saturated carbocycles. The Labute approximate surface area is 118 Å². The molecule has 1 aromatic rings. The fraction of sp³-hybridized carbons (Fsp3) is 0.636. The van der Waals surface area contributed by atoms with Gasteiger partial charge in [-0.25, -0.2) is 9.18 Å². The van der Waals surface area contributed by atoms with E-state index in [1.165, 1.54) is 13.3 Å². The number of halogens is 2. The van der Waals surface area contributed by atoms with Crippen molar-refractivity contribution in [2.75, 3.05) is 13.0 Å². The Balaban J connectivity index is 0.000000956. The summed E-state index contributed by atoms with van der Waals surface area (Å²) in [5.41, 5.74) is -2.95. The van der Waals surface area contributed by atoms with Gasteiger partial charge >= 0.3 is 5.69 Å². The fourth-order valence-electron chi connectivity index (χ4n) is 1.87. The van der Waals surface area contributed by atoms with Crippen molar-refractivity contribution in [3.05, 3.63) is 33.1 Å². The van der Waals surface area contributed by atoms with Crippen LogP contribution in [0.3, 0.4) is 0 Å². The van der Waals surface area contributed by atoms with Gasteiger partial charge in [0.05, 0.1) is 6.61 Å². The number of alkyl halides is 2. The number of aromatic nitrogens is 2. The molecular weight excluding hydrogens is 295 g/mol. The molecule has 1 aliphatic heterocycles. The van der Waals surface area contributed by atoms with Crippen LogP contribution in [-0.2, 0) is 4.74 Å². The molecule has 7 nitrogen and oxygen atoms in total. The molecule has 1 aliphatic rings. The first-order valence-corrected chi connectivity index (χ1v) is 6.45. The number of aliphatic hydroxyl groups excluding tert-OH is 2. The van der Waals surface area contributed by atoms with Crippen LogP contribution in [0.4, 0.5) is 4.39 Å². The quantitative estimate of drug-likeness (QED) is 0.631. The smallest absolute Gasteiger partial charge is 0.330 e. The van der Waals surface area contributed by atoms with Crippen molar-refractivity contribution >= 4 is 11.6 Å². The van der Waals surface area contributed by atoms with Crippen molar-refractivity contribution in [3.63, 3.8) is 0 Å². The number of H-pyrrole nitrogens is 1. The van der Waals surface area contributed by atoms with Crippen molar-refractivity contribution in [1.29, 1.82) is 0 Å². The molecule has 1 saturated heterocycles. The molecule has 0 radical (unpaired) electrons. The summed E-state index contributed by atoms with van der Waals surface area (Å²) in [6.07, 6.45) is -2.28. The van der Waals surface area contributed by atoms with Gasteiger partial charge in [0.2, 0.25) is 0 Å².